The Morgan fingerprint density at radius 3 is 2.74 bits per heavy atom. The molecule has 1 amide bonds. The van der Waals surface area contributed by atoms with E-state index in [1.165, 1.54) is 4.90 Å². The van der Waals surface area contributed by atoms with Crippen molar-refractivity contribution in [3.05, 3.63) is 38.7 Å². The number of rotatable bonds is 5. The molecule has 1 heterocycles. The van der Waals surface area contributed by atoms with Crippen molar-refractivity contribution in [1.82, 2.24) is 4.90 Å². The summed E-state index contributed by atoms with van der Waals surface area (Å²) in [5.74, 6) is -1.47. The lowest BCUT2D eigenvalue weighted by Gasteiger charge is -2.22. The lowest BCUT2D eigenvalue weighted by atomic mass is 10.1. The SMILES string of the molecule is CCC[C@H](C(=O)O)N1C(=O)/C(=C/c2ccc(Cl)cc2Cl)SC1=S. The van der Waals surface area contributed by atoms with E-state index in [2.05, 4.69) is 0 Å². The van der Waals surface area contributed by atoms with Crippen molar-refractivity contribution in [1.29, 1.82) is 0 Å². The summed E-state index contributed by atoms with van der Waals surface area (Å²) >= 11 is 18.2. The number of hydrogen-bond acceptors (Lipinski definition) is 4. The van der Waals surface area contributed by atoms with Crippen LogP contribution < -0.4 is 0 Å². The van der Waals surface area contributed by atoms with Crippen LogP contribution in [0.25, 0.3) is 6.08 Å². The van der Waals surface area contributed by atoms with E-state index in [1.807, 2.05) is 6.92 Å². The number of thiocarbonyl (C=S) groups is 1. The van der Waals surface area contributed by atoms with Gasteiger partial charge in [-0.2, -0.15) is 0 Å². The number of carboxylic acids is 1. The normalized spacial score (nSPS) is 17.9. The van der Waals surface area contributed by atoms with Crippen molar-refractivity contribution in [3.63, 3.8) is 0 Å². The van der Waals surface area contributed by atoms with Gasteiger partial charge in [0.2, 0.25) is 0 Å². The molecule has 0 bridgehead atoms. The molecule has 1 atom stereocenters. The van der Waals surface area contributed by atoms with E-state index in [1.54, 1.807) is 24.3 Å². The average molecular weight is 390 g/mol. The van der Waals surface area contributed by atoms with Crippen LogP contribution in [0.15, 0.2) is 23.1 Å². The number of halogens is 2. The first kappa shape index (κ1) is 18.3. The molecular formula is C15H13Cl2NO3S2. The molecule has 0 saturated carbocycles. The minimum absolute atomic E-state index is 0.243. The van der Waals surface area contributed by atoms with E-state index in [4.69, 9.17) is 35.4 Å². The van der Waals surface area contributed by atoms with Gasteiger partial charge in [0, 0.05) is 10.0 Å². The highest BCUT2D eigenvalue weighted by Crippen LogP contribution is 2.36. The highest BCUT2D eigenvalue weighted by atomic mass is 35.5. The second-order valence-electron chi connectivity index (χ2n) is 4.86. The first-order chi connectivity index (χ1) is 10.8. The third-order valence-corrected chi connectivity index (χ3v) is 5.12. The number of carbonyl (C=O) groups is 2. The highest BCUT2D eigenvalue weighted by Gasteiger charge is 2.39. The Hall–Kier alpha value is -1.08. The summed E-state index contributed by atoms with van der Waals surface area (Å²) in [6.45, 7) is 1.86. The van der Waals surface area contributed by atoms with Crippen molar-refractivity contribution in [3.8, 4) is 0 Å². The fourth-order valence-corrected chi connectivity index (χ4v) is 3.96. The molecule has 23 heavy (non-hydrogen) atoms. The fourth-order valence-electron chi connectivity index (χ4n) is 2.14. The summed E-state index contributed by atoms with van der Waals surface area (Å²) in [5, 5.41) is 10.2. The van der Waals surface area contributed by atoms with E-state index in [9.17, 15) is 14.7 Å². The van der Waals surface area contributed by atoms with Crippen LogP contribution in [0.5, 0.6) is 0 Å². The minimum Gasteiger partial charge on any atom is -0.480 e. The van der Waals surface area contributed by atoms with E-state index in [0.29, 0.717) is 33.4 Å². The van der Waals surface area contributed by atoms with Crippen LogP contribution in [-0.4, -0.2) is 32.2 Å². The molecule has 1 aliphatic rings. The summed E-state index contributed by atoms with van der Waals surface area (Å²) in [7, 11) is 0. The molecule has 0 aliphatic carbocycles. The van der Waals surface area contributed by atoms with Crippen molar-refractivity contribution in [2.75, 3.05) is 0 Å². The van der Waals surface area contributed by atoms with Crippen LogP contribution in [0.1, 0.15) is 25.3 Å². The van der Waals surface area contributed by atoms with E-state index < -0.39 is 17.9 Å². The zero-order valence-corrected chi connectivity index (χ0v) is 15.2. The van der Waals surface area contributed by atoms with Crippen LogP contribution in [0.2, 0.25) is 10.0 Å². The molecule has 2 rings (SSSR count). The number of hydrogen-bond donors (Lipinski definition) is 1. The summed E-state index contributed by atoms with van der Waals surface area (Å²) in [6.07, 6.45) is 2.58. The smallest absolute Gasteiger partial charge is 0.326 e. The summed E-state index contributed by atoms with van der Waals surface area (Å²) in [5.41, 5.74) is 0.624. The Morgan fingerprint density at radius 2 is 2.17 bits per heavy atom. The molecule has 1 aromatic rings. The van der Waals surface area contributed by atoms with Crippen LogP contribution in [0.4, 0.5) is 0 Å². The Kier molecular flexibility index (Phi) is 6.08. The maximum Gasteiger partial charge on any atom is 0.326 e. The molecule has 0 unspecified atom stereocenters. The molecule has 8 heteroatoms. The molecule has 0 aromatic heterocycles. The van der Waals surface area contributed by atoms with Crippen LogP contribution in [-0.2, 0) is 9.59 Å². The van der Waals surface area contributed by atoms with Gasteiger partial charge in [0.1, 0.15) is 10.4 Å². The maximum atomic E-state index is 12.5. The maximum absolute atomic E-state index is 12.5. The largest absolute Gasteiger partial charge is 0.480 e. The Bertz CT molecular complexity index is 706. The van der Waals surface area contributed by atoms with Gasteiger partial charge in [-0.1, -0.05) is 66.6 Å². The summed E-state index contributed by atoms with van der Waals surface area (Å²) in [6, 6.07) is 3.99. The van der Waals surface area contributed by atoms with Crippen LogP contribution in [0, 0.1) is 0 Å². The fraction of sp³-hybridized carbons (Fsp3) is 0.267. The minimum atomic E-state index is -1.06. The van der Waals surface area contributed by atoms with Crippen LogP contribution >= 0.6 is 47.2 Å². The zero-order chi connectivity index (χ0) is 17.1. The van der Waals surface area contributed by atoms with Gasteiger partial charge in [-0.3, -0.25) is 9.69 Å². The second-order valence-corrected chi connectivity index (χ2v) is 7.38. The third kappa shape index (κ3) is 4.07. The highest BCUT2D eigenvalue weighted by molar-refractivity contribution is 8.26. The lowest BCUT2D eigenvalue weighted by molar-refractivity contribution is -0.145. The Labute approximate surface area is 153 Å². The number of nitrogens with zero attached hydrogens (tertiary/aromatic N) is 1. The molecule has 1 aliphatic heterocycles. The first-order valence-electron chi connectivity index (χ1n) is 6.80. The standard InChI is InChI=1S/C15H13Cl2NO3S2/c1-2-3-11(14(20)21)18-13(19)12(23-15(18)22)6-8-4-5-9(16)7-10(8)17/h4-7,11H,2-3H2,1H3,(H,20,21)/b12-6-/t11-/m1/s1. The summed E-state index contributed by atoms with van der Waals surface area (Å²) in [4.78, 5) is 25.5. The van der Waals surface area contributed by atoms with Gasteiger partial charge in [-0.05, 0) is 30.2 Å². The average Bonchev–Trinajstić information content (AvgIpc) is 2.74. The molecule has 0 radical (unpaired) electrons. The van der Waals surface area contributed by atoms with Gasteiger partial charge in [-0.25, -0.2) is 4.79 Å². The van der Waals surface area contributed by atoms with Gasteiger partial charge < -0.3 is 5.11 Å². The van der Waals surface area contributed by atoms with Crippen LogP contribution in [0.3, 0.4) is 0 Å². The predicted octanol–water partition coefficient (Wildman–Crippen LogP) is 4.45. The number of carbonyl (C=O) groups excluding carboxylic acids is 1. The van der Waals surface area contributed by atoms with Gasteiger partial charge >= 0.3 is 5.97 Å². The summed E-state index contributed by atoms with van der Waals surface area (Å²) < 4.78 is 0.243. The van der Waals surface area contributed by atoms with Gasteiger partial charge in [0.25, 0.3) is 5.91 Å². The molecule has 1 aromatic carbocycles. The quantitative estimate of drug-likeness (QED) is 0.595. The molecule has 1 fully saturated rings. The molecule has 1 saturated heterocycles. The second kappa shape index (κ2) is 7.66. The van der Waals surface area contributed by atoms with Gasteiger partial charge in [0.05, 0.1) is 4.91 Å². The lowest BCUT2D eigenvalue weighted by Crippen LogP contribution is -2.43. The topological polar surface area (TPSA) is 57.6 Å². The number of thioether (sulfide) groups is 1. The first-order valence-corrected chi connectivity index (χ1v) is 8.78. The van der Waals surface area contributed by atoms with Crippen molar-refractivity contribution < 1.29 is 14.7 Å². The molecular weight excluding hydrogens is 377 g/mol. The number of benzene rings is 1. The van der Waals surface area contributed by atoms with E-state index in [-0.39, 0.29) is 4.32 Å². The van der Waals surface area contributed by atoms with Gasteiger partial charge in [-0.15, -0.1) is 0 Å². The van der Waals surface area contributed by atoms with E-state index in [0.717, 1.165) is 11.8 Å². The molecule has 122 valence electrons. The number of carboxylic acid groups (broad SMARTS) is 1. The molecule has 4 nitrogen and oxygen atoms in total. The monoisotopic (exact) mass is 389 g/mol. The van der Waals surface area contributed by atoms with Crippen molar-refractivity contribution in [2.45, 2.75) is 25.8 Å². The van der Waals surface area contributed by atoms with Crippen molar-refractivity contribution >= 4 is 69.5 Å². The number of aliphatic carboxylic acids is 1. The molecule has 1 N–H and O–H groups in total. The van der Waals surface area contributed by atoms with E-state index >= 15 is 0 Å². The Balaban J connectivity index is 2.33. The number of amides is 1. The zero-order valence-electron chi connectivity index (χ0n) is 12.1. The predicted molar refractivity (Wildman–Crippen MR) is 97.8 cm³/mol. The Morgan fingerprint density at radius 1 is 1.48 bits per heavy atom. The van der Waals surface area contributed by atoms with Crippen molar-refractivity contribution in [2.24, 2.45) is 0 Å². The third-order valence-electron chi connectivity index (χ3n) is 3.23. The molecule has 0 spiro atoms. The van der Waals surface area contributed by atoms with Gasteiger partial charge in [0.15, 0.2) is 0 Å².